The van der Waals surface area contributed by atoms with Gasteiger partial charge in [-0.25, -0.2) is 13.1 Å². The minimum atomic E-state index is -3.49. The number of nitrogens with one attached hydrogen (secondary N) is 1. The lowest BCUT2D eigenvalue weighted by molar-refractivity contribution is 0.402. The van der Waals surface area contributed by atoms with Crippen molar-refractivity contribution in [3.8, 4) is 5.75 Å². The molecule has 1 aromatic rings. The Labute approximate surface area is 84.0 Å². The molecule has 14 heavy (non-hydrogen) atoms. The van der Waals surface area contributed by atoms with Crippen molar-refractivity contribution in [3.63, 3.8) is 0 Å². The molecule has 4 nitrogen and oxygen atoms in total. The maximum atomic E-state index is 11.6. The third-order valence-corrected chi connectivity index (χ3v) is 3.15. The van der Waals surface area contributed by atoms with Gasteiger partial charge in [0.25, 0.3) is 0 Å². The molecule has 1 rings (SSSR count). The summed E-state index contributed by atoms with van der Waals surface area (Å²) in [6, 6.07) is 6.43. The van der Waals surface area contributed by atoms with Gasteiger partial charge in [0.15, 0.2) is 0 Å². The summed E-state index contributed by atoms with van der Waals surface area (Å²) in [6.45, 7) is 3.53. The van der Waals surface area contributed by atoms with E-state index in [0.717, 1.165) is 0 Å². The Morgan fingerprint density at radius 1 is 1.43 bits per heavy atom. The Morgan fingerprint density at radius 2 is 2.07 bits per heavy atom. The number of ether oxygens (including phenoxy) is 1. The van der Waals surface area contributed by atoms with E-state index in [1.165, 1.54) is 13.2 Å². The maximum Gasteiger partial charge on any atom is 0.244 e. The van der Waals surface area contributed by atoms with Crippen molar-refractivity contribution in [1.82, 2.24) is 4.72 Å². The lowest BCUT2D eigenvalue weighted by Gasteiger charge is -2.08. The molecule has 0 amide bonds. The van der Waals surface area contributed by atoms with E-state index in [4.69, 9.17) is 4.74 Å². The maximum absolute atomic E-state index is 11.6. The van der Waals surface area contributed by atoms with Gasteiger partial charge < -0.3 is 4.74 Å². The highest BCUT2D eigenvalue weighted by molar-refractivity contribution is 7.89. The van der Waals surface area contributed by atoms with Crippen LogP contribution in [0.15, 0.2) is 29.2 Å². The Morgan fingerprint density at radius 3 is 2.64 bits per heavy atom. The van der Waals surface area contributed by atoms with E-state index in [9.17, 15) is 8.42 Å². The third-order valence-electron chi connectivity index (χ3n) is 1.65. The summed E-state index contributed by atoms with van der Waals surface area (Å²) in [6.07, 6.45) is 0. The molecule has 0 aromatic heterocycles. The van der Waals surface area contributed by atoms with Gasteiger partial charge in [-0.1, -0.05) is 12.1 Å². The van der Waals surface area contributed by atoms with Crippen LogP contribution in [0.5, 0.6) is 5.75 Å². The Kier molecular flexibility index (Phi) is 3.49. The van der Waals surface area contributed by atoms with Crippen LogP contribution >= 0.6 is 0 Å². The van der Waals surface area contributed by atoms with E-state index in [2.05, 4.69) is 11.6 Å². The molecule has 0 bridgehead atoms. The molecule has 0 heterocycles. The highest BCUT2D eigenvalue weighted by Crippen LogP contribution is 2.21. The largest absolute Gasteiger partial charge is 0.495 e. The van der Waals surface area contributed by atoms with Gasteiger partial charge in [0.05, 0.1) is 7.11 Å². The van der Waals surface area contributed by atoms with Gasteiger partial charge >= 0.3 is 0 Å². The quantitative estimate of drug-likeness (QED) is 0.806. The van der Waals surface area contributed by atoms with Crippen molar-refractivity contribution >= 4 is 10.0 Å². The van der Waals surface area contributed by atoms with Crippen LogP contribution in [0.3, 0.4) is 0 Å². The minimum Gasteiger partial charge on any atom is -0.495 e. The van der Waals surface area contributed by atoms with E-state index in [0.29, 0.717) is 5.75 Å². The molecule has 0 spiro atoms. The summed E-state index contributed by atoms with van der Waals surface area (Å²) in [7, 11) is -2.06. The standard InChI is InChI=1S/C9H12NO3S/c1-3-10-14(11,12)9-7-5-4-6-8(9)13-2/h4-7,10H,1,3H2,2H3. The predicted octanol–water partition coefficient (Wildman–Crippen LogP) is 0.808. The van der Waals surface area contributed by atoms with Gasteiger partial charge in [-0.05, 0) is 19.1 Å². The van der Waals surface area contributed by atoms with E-state index in [1.54, 1.807) is 18.2 Å². The molecule has 1 radical (unpaired) electrons. The Bertz CT molecular complexity index is 400. The highest BCUT2D eigenvalue weighted by Gasteiger charge is 2.16. The molecule has 0 atom stereocenters. The van der Waals surface area contributed by atoms with Crippen LogP contribution < -0.4 is 9.46 Å². The first-order valence-electron chi connectivity index (χ1n) is 4.03. The first-order chi connectivity index (χ1) is 6.61. The summed E-state index contributed by atoms with van der Waals surface area (Å²) < 4.78 is 30.4. The normalized spacial score (nSPS) is 11.3. The summed E-state index contributed by atoms with van der Waals surface area (Å²) in [4.78, 5) is 0.131. The van der Waals surface area contributed by atoms with E-state index >= 15 is 0 Å². The summed E-state index contributed by atoms with van der Waals surface area (Å²) in [5, 5.41) is 0. The van der Waals surface area contributed by atoms with Gasteiger partial charge in [-0.3, -0.25) is 0 Å². The number of sulfonamides is 1. The van der Waals surface area contributed by atoms with Crippen LogP contribution in [-0.4, -0.2) is 22.1 Å². The Hall–Kier alpha value is -1.07. The molecule has 5 heteroatoms. The zero-order valence-corrected chi connectivity index (χ0v) is 8.67. The van der Waals surface area contributed by atoms with Gasteiger partial charge in [-0.2, -0.15) is 0 Å². The molecule has 1 aromatic carbocycles. The van der Waals surface area contributed by atoms with Crippen molar-refractivity contribution < 1.29 is 13.2 Å². The number of hydrogen-bond acceptors (Lipinski definition) is 3. The van der Waals surface area contributed by atoms with E-state index in [-0.39, 0.29) is 11.4 Å². The fourth-order valence-corrected chi connectivity index (χ4v) is 2.15. The molecule has 0 aliphatic heterocycles. The van der Waals surface area contributed by atoms with E-state index < -0.39 is 10.0 Å². The second-order valence-corrected chi connectivity index (χ2v) is 4.28. The predicted molar refractivity (Wildman–Crippen MR) is 53.5 cm³/mol. The topological polar surface area (TPSA) is 55.4 Å². The highest BCUT2D eigenvalue weighted by atomic mass is 32.2. The fourth-order valence-electron chi connectivity index (χ4n) is 1.05. The zero-order chi connectivity index (χ0) is 10.6. The van der Waals surface area contributed by atoms with Gasteiger partial charge in [0.2, 0.25) is 10.0 Å². The lowest BCUT2D eigenvalue weighted by atomic mass is 10.3. The van der Waals surface area contributed by atoms with Crippen molar-refractivity contribution in [1.29, 1.82) is 0 Å². The molecule has 1 N–H and O–H groups in total. The average molecular weight is 214 g/mol. The van der Waals surface area contributed by atoms with Crippen molar-refractivity contribution in [2.75, 3.05) is 13.7 Å². The van der Waals surface area contributed by atoms with Crippen LogP contribution in [0.25, 0.3) is 0 Å². The van der Waals surface area contributed by atoms with Crippen molar-refractivity contribution in [2.24, 2.45) is 0 Å². The molecular weight excluding hydrogens is 202 g/mol. The molecule has 0 aliphatic rings. The SMILES string of the molecule is [CH2]CNS(=O)(=O)c1ccccc1OC. The fraction of sp³-hybridized carbons (Fsp3) is 0.222. The number of benzene rings is 1. The zero-order valence-electron chi connectivity index (χ0n) is 7.86. The molecule has 0 unspecified atom stereocenters. The molecule has 0 saturated heterocycles. The summed E-state index contributed by atoms with van der Waals surface area (Å²) in [5.41, 5.74) is 0. The summed E-state index contributed by atoms with van der Waals surface area (Å²) >= 11 is 0. The van der Waals surface area contributed by atoms with Gasteiger partial charge in [-0.15, -0.1) is 0 Å². The molecule has 0 aliphatic carbocycles. The number of rotatable bonds is 4. The smallest absolute Gasteiger partial charge is 0.244 e. The van der Waals surface area contributed by atoms with Crippen molar-refractivity contribution in [3.05, 3.63) is 31.2 Å². The minimum absolute atomic E-state index is 0.111. The lowest BCUT2D eigenvalue weighted by Crippen LogP contribution is -2.23. The first kappa shape index (κ1) is 11.0. The number of hydrogen-bond donors (Lipinski definition) is 1. The average Bonchev–Trinajstić information content (AvgIpc) is 2.18. The molecule has 77 valence electrons. The van der Waals surface area contributed by atoms with Crippen molar-refractivity contribution in [2.45, 2.75) is 4.90 Å². The van der Waals surface area contributed by atoms with Gasteiger partial charge in [0.1, 0.15) is 10.6 Å². The molecular formula is C9H12NO3S. The number of para-hydroxylation sites is 1. The number of methoxy groups -OCH3 is 1. The second kappa shape index (κ2) is 4.43. The van der Waals surface area contributed by atoms with Crippen LogP contribution in [0.2, 0.25) is 0 Å². The van der Waals surface area contributed by atoms with Gasteiger partial charge in [0, 0.05) is 6.54 Å². The molecule has 0 saturated carbocycles. The summed E-state index contributed by atoms with van der Waals surface area (Å²) in [5.74, 6) is 0.327. The van der Waals surface area contributed by atoms with Crippen LogP contribution in [-0.2, 0) is 10.0 Å². The third kappa shape index (κ3) is 2.24. The van der Waals surface area contributed by atoms with E-state index in [1.807, 2.05) is 0 Å². The monoisotopic (exact) mass is 214 g/mol. The second-order valence-electron chi connectivity index (χ2n) is 2.55. The van der Waals surface area contributed by atoms with Crippen LogP contribution in [0.1, 0.15) is 0 Å². The first-order valence-corrected chi connectivity index (χ1v) is 5.52. The molecule has 0 fully saturated rings. The van der Waals surface area contributed by atoms with Crippen LogP contribution in [0, 0.1) is 6.92 Å². The van der Waals surface area contributed by atoms with Crippen LogP contribution in [0.4, 0.5) is 0 Å². The Balaban J connectivity index is 3.18.